The number of hydrogen-bond donors (Lipinski definition) is 2. The second-order valence-electron chi connectivity index (χ2n) is 11.4. The van der Waals surface area contributed by atoms with Gasteiger partial charge in [-0.1, -0.05) is 64.5 Å². The van der Waals surface area contributed by atoms with E-state index in [0.29, 0.717) is 13.1 Å². The van der Waals surface area contributed by atoms with Crippen LogP contribution in [-0.2, 0) is 10.8 Å². The minimum absolute atomic E-state index is 0.0805. The molecule has 6 heteroatoms. The van der Waals surface area contributed by atoms with E-state index in [4.69, 9.17) is 9.84 Å². The molecule has 1 aliphatic carbocycles. The van der Waals surface area contributed by atoms with E-state index in [1.165, 1.54) is 6.21 Å². The Labute approximate surface area is 205 Å². The molecule has 2 atom stereocenters. The summed E-state index contributed by atoms with van der Waals surface area (Å²) >= 11 is 0. The zero-order valence-electron chi connectivity index (χ0n) is 21.3. The molecule has 0 saturated heterocycles. The topological polar surface area (TPSA) is 65.4 Å². The number of anilines is 1. The first-order valence-corrected chi connectivity index (χ1v) is 15.4. The highest BCUT2D eigenvalue weighted by atomic mass is 28.4. The summed E-state index contributed by atoms with van der Waals surface area (Å²) in [6.45, 7) is 15.9. The van der Waals surface area contributed by atoms with Crippen molar-refractivity contribution in [3.8, 4) is 0 Å². The summed E-state index contributed by atoms with van der Waals surface area (Å²) in [6.07, 6.45) is 6.21. The van der Waals surface area contributed by atoms with E-state index in [2.05, 4.69) is 57.9 Å². The SMILES string of the molecule is C=C(C=N)Cc1cc2c(c3ccccc13)NCN([C@H]1CCCC[C@@H]1O[Si](C)(C)C(C)(C)C)C2=O. The summed E-state index contributed by atoms with van der Waals surface area (Å²) in [5.74, 6) is 0.0805. The molecule has 2 aliphatic rings. The van der Waals surface area contributed by atoms with E-state index in [1.807, 2.05) is 23.1 Å². The molecule has 1 fully saturated rings. The first-order valence-electron chi connectivity index (χ1n) is 12.5. The molecule has 1 amide bonds. The van der Waals surface area contributed by atoms with Crippen LogP contribution in [0.4, 0.5) is 5.69 Å². The van der Waals surface area contributed by atoms with E-state index in [1.54, 1.807) is 0 Å². The van der Waals surface area contributed by atoms with Gasteiger partial charge in [-0.2, -0.15) is 0 Å². The molecule has 182 valence electrons. The van der Waals surface area contributed by atoms with E-state index in [9.17, 15) is 4.79 Å². The predicted octanol–water partition coefficient (Wildman–Crippen LogP) is 6.75. The van der Waals surface area contributed by atoms with Crippen molar-refractivity contribution in [3.05, 3.63) is 53.6 Å². The van der Waals surface area contributed by atoms with Crippen LogP contribution < -0.4 is 5.32 Å². The number of nitrogens with zero attached hydrogens (tertiary/aromatic N) is 1. The van der Waals surface area contributed by atoms with Crippen LogP contribution in [0.25, 0.3) is 10.8 Å². The highest BCUT2D eigenvalue weighted by molar-refractivity contribution is 6.74. The quantitative estimate of drug-likeness (QED) is 0.357. The van der Waals surface area contributed by atoms with Crippen molar-refractivity contribution >= 4 is 36.9 Å². The number of fused-ring (bicyclic) bond motifs is 3. The van der Waals surface area contributed by atoms with Gasteiger partial charge in [0.15, 0.2) is 8.32 Å². The molecule has 34 heavy (non-hydrogen) atoms. The van der Waals surface area contributed by atoms with Crippen LogP contribution in [0.2, 0.25) is 18.1 Å². The zero-order chi connectivity index (χ0) is 24.7. The van der Waals surface area contributed by atoms with E-state index < -0.39 is 8.32 Å². The van der Waals surface area contributed by atoms with Gasteiger partial charge in [-0.05, 0) is 60.0 Å². The summed E-state index contributed by atoms with van der Waals surface area (Å²) in [7, 11) is -1.95. The lowest BCUT2D eigenvalue weighted by molar-refractivity contribution is 0.0243. The minimum atomic E-state index is -1.95. The molecule has 2 aromatic rings. The van der Waals surface area contributed by atoms with Crippen LogP contribution >= 0.6 is 0 Å². The standard InChI is InChI=1S/C28H39N3O2Si/c1-19(17-29)15-20-16-23-26(22-12-8-7-11-21(20)22)30-18-31(27(23)32)24-13-9-10-14-25(24)33-34(5,6)28(2,3)4/h7-8,11-12,16-17,24-25,29-30H,1,9-10,13-15,18H2,2-6H3/t24-,25-/m0/s1. The number of hydrogen-bond acceptors (Lipinski definition) is 4. The molecule has 1 heterocycles. The van der Waals surface area contributed by atoms with Crippen LogP contribution in [0.3, 0.4) is 0 Å². The van der Waals surface area contributed by atoms with Crippen LogP contribution in [0, 0.1) is 5.41 Å². The third-order valence-electron chi connectivity index (χ3n) is 7.99. The number of carbonyl (C=O) groups excluding carboxylic acids is 1. The Bertz CT molecular complexity index is 1120. The highest BCUT2D eigenvalue weighted by Crippen LogP contribution is 2.41. The first kappa shape index (κ1) is 24.7. The fourth-order valence-corrected chi connectivity index (χ4v) is 6.42. The number of rotatable bonds is 6. The summed E-state index contributed by atoms with van der Waals surface area (Å²) in [6, 6.07) is 10.3. The van der Waals surface area contributed by atoms with Gasteiger partial charge in [-0.15, -0.1) is 0 Å². The number of nitrogens with one attached hydrogen (secondary N) is 2. The second kappa shape index (κ2) is 9.31. The summed E-state index contributed by atoms with van der Waals surface area (Å²) in [5, 5.41) is 13.5. The summed E-state index contributed by atoms with van der Waals surface area (Å²) < 4.78 is 6.89. The third-order valence-corrected chi connectivity index (χ3v) is 12.5. The molecule has 1 saturated carbocycles. The van der Waals surface area contributed by atoms with Gasteiger partial charge in [-0.3, -0.25) is 4.79 Å². The van der Waals surface area contributed by atoms with Gasteiger partial charge in [0.1, 0.15) is 0 Å². The molecular weight excluding hydrogens is 438 g/mol. The van der Waals surface area contributed by atoms with Crippen molar-refractivity contribution < 1.29 is 9.22 Å². The van der Waals surface area contributed by atoms with Gasteiger partial charge in [0.25, 0.3) is 5.91 Å². The Balaban J connectivity index is 1.69. The lowest BCUT2D eigenvalue weighted by Gasteiger charge is -2.47. The van der Waals surface area contributed by atoms with Crippen molar-refractivity contribution in [2.24, 2.45) is 0 Å². The van der Waals surface area contributed by atoms with E-state index >= 15 is 0 Å². The number of benzene rings is 2. The van der Waals surface area contributed by atoms with Crippen LogP contribution in [0.15, 0.2) is 42.5 Å². The zero-order valence-corrected chi connectivity index (χ0v) is 22.3. The lowest BCUT2D eigenvalue weighted by Crippen LogP contribution is -2.56. The Morgan fingerprint density at radius 3 is 2.59 bits per heavy atom. The largest absolute Gasteiger partial charge is 0.412 e. The minimum Gasteiger partial charge on any atom is -0.412 e. The fourth-order valence-electron chi connectivity index (χ4n) is 5.04. The molecule has 2 aromatic carbocycles. The Kier molecular flexibility index (Phi) is 6.75. The maximum absolute atomic E-state index is 13.9. The van der Waals surface area contributed by atoms with Crippen molar-refractivity contribution in [1.29, 1.82) is 5.41 Å². The molecule has 0 bridgehead atoms. The average Bonchev–Trinajstić information content (AvgIpc) is 2.79. The predicted molar refractivity (Wildman–Crippen MR) is 145 cm³/mol. The lowest BCUT2D eigenvalue weighted by atomic mass is 9.89. The summed E-state index contributed by atoms with van der Waals surface area (Å²) in [5.41, 5.74) is 3.40. The monoisotopic (exact) mass is 477 g/mol. The molecule has 0 aromatic heterocycles. The second-order valence-corrected chi connectivity index (χ2v) is 16.1. The van der Waals surface area contributed by atoms with Crippen LogP contribution in [-0.4, -0.2) is 44.2 Å². The molecule has 0 unspecified atom stereocenters. The van der Waals surface area contributed by atoms with Gasteiger partial charge < -0.3 is 20.1 Å². The molecule has 2 N–H and O–H groups in total. The molecule has 4 rings (SSSR count). The van der Waals surface area contributed by atoms with Crippen molar-refractivity contribution in [2.45, 2.75) is 83.2 Å². The maximum Gasteiger partial charge on any atom is 0.257 e. The summed E-state index contributed by atoms with van der Waals surface area (Å²) in [4.78, 5) is 16.0. The molecule has 5 nitrogen and oxygen atoms in total. The van der Waals surface area contributed by atoms with Crippen molar-refractivity contribution in [1.82, 2.24) is 4.90 Å². The van der Waals surface area contributed by atoms with E-state index in [-0.39, 0.29) is 23.1 Å². The molecule has 0 radical (unpaired) electrons. The van der Waals surface area contributed by atoms with Crippen LogP contribution in [0.1, 0.15) is 62.4 Å². The third kappa shape index (κ3) is 4.58. The molecule has 0 spiro atoms. The van der Waals surface area contributed by atoms with Crippen LogP contribution in [0.5, 0.6) is 0 Å². The normalized spacial score (nSPS) is 21.2. The van der Waals surface area contributed by atoms with Crippen molar-refractivity contribution in [2.75, 3.05) is 12.0 Å². The Morgan fingerprint density at radius 2 is 1.91 bits per heavy atom. The smallest absolute Gasteiger partial charge is 0.257 e. The van der Waals surface area contributed by atoms with Gasteiger partial charge in [0, 0.05) is 11.6 Å². The molecule has 1 aliphatic heterocycles. The number of amides is 1. The maximum atomic E-state index is 13.9. The van der Waals surface area contributed by atoms with E-state index in [0.717, 1.165) is 58.8 Å². The van der Waals surface area contributed by atoms with Gasteiger partial charge in [-0.25, -0.2) is 0 Å². The number of allylic oxidation sites excluding steroid dienone is 1. The first-order chi connectivity index (χ1) is 16.0. The Hall–Kier alpha value is -2.44. The van der Waals surface area contributed by atoms with Gasteiger partial charge in [0.05, 0.1) is 30.1 Å². The Morgan fingerprint density at radius 1 is 1.24 bits per heavy atom. The number of carbonyl (C=O) groups is 1. The fraction of sp³-hybridized carbons (Fsp3) is 0.500. The molecular formula is C28H39N3O2Si. The highest BCUT2D eigenvalue weighted by Gasteiger charge is 2.44. The van der Waals surface area contributed by atoms with Gasteiger partial charge in [0.2, 0.25) is 0 Å². The van der Waals surface area contributed by atoms with Gasteiger partial charge >= 0.3 is 0 Å². The average molecular weight is 478 g/mol. The van der Waals surface area contributed by atoms with Crippen molar-refractivity contribution in [3.63, 3.8) is 0 Å².